The van der Waals surface area contributed by atoms with E-state index in [1.807, 2.05) is 36.6 Å². The van der Waals surface area contributed by atoms with Crippen LogP contribution in [0.25, 0.3) is 6.08 Å². The van der Waals surface area contributed by atoms with Crippen LogP contribution in [0.1, 0.15) is 26.4 Å². The van der Waals surface area contributed by atoms with Crippen LogP contribution < -0.4 is 24.8 Å². The second-order valence-electron chi connectivity index (χ2n) is 7.06. The van der Waals surface area contributed by atoms with Gasteiger partial charge < -0.3 is 24.8 Å². The van der Waals surface area contributed by atoms with Crippen LogP contribution in [0.15, 0.2) is 59.6 Å². The molecule has 0 unspecified atom stereocenters. The molecule has 0 aliphatic rings. The van der Waals surface area contributed by atoms with E-state index in [0.29, 0.717) is 22.8 Å². The first kappa shape index (κ1) is 23.9. The Balaban J connectivity index is 1.81. The van der Waals surface area contributed by atoms with Gasteiger partial charge in [0.15, 0.2) is 11.5 Å². The summed E-state index contributed by atoms with van der Waals surface area (Å²) in [5.74, 6) is 0.684. The third-order valence-electron chi connectivity index (χ3n) is 4.89. The molecule has 0 radical (unpaired) electrons. The smallest absolute Gasteiger partial charge is 0.268 e. The van der Waals surface area contributed by atoms with E-state index < -0.39 is 5.91 Å². The molecule has 3 rings (SSSR count). The molecule has 0 saturated heterocycles. The van der Waals surface area contributed by atoms with E-state index in [2.05, 4.69) is 10.6 Å². The fourth-order valence-corrected chi connectivity index (χ4v) is 3.86. The molecule has 1 aromatic heterocycles. The lowest BCUT2D eigenvalue weighted by Crippen LogP contribution is -2.34. The highest BCUT2D eigenvalue weighted by molar-refractivity contribution is 7.10. The Morgan fingerprint density at radius 2 is 1.67 bits per heavy atom. The zero-order valence-electron chi connectivity index (χ0n) is 18.9. The van der Waals surface area contributed by atoms with E-state index in [1.165, 1.54) is 32.7 Å². The van der Waals surface area contributed by atoms with Crippen LogP contribution in [-0.2, 0) is 11.3 Å². The SMILES string of the molecule is COc1cc(CNC(=O)/C(=C/c2cccs2)NC(=O)c2ccccc2C)cc(OC)c1OC. The number of thiophene rings is 1. The van der Waals surface area contributed by atoms with Gasteiger partial charge in [-0.15, -0.1) is 11.3 Å². The number of benzene rings is 2. The maximum absolute atomic E-state index is 13.0. The van der Waals surface area contributed by atoms with Gasteiger partial charge in [-0.1, -0.05) is 24.3 Å². The van der Waals surface area contributed by atoms with Crippen molar-refractivity contribution in [3.8, 4) is 17.2 Å². The van der Waals surface area contributed by atoms with Crippen molar-refractivity contribution < 1.29 is 23.8 Å². The second kappa shape index (κ2) is 11.2. The summed E-state index contributed by atoms with van der Waals surface area (Å²) in [6, 6.07) is 14.5. The summed E-state index contributed by atoms with van der Waals surface area (Å²) in [6.07, 6.45) is 1.66. The average Bonchev–Trinajstić information content (AvgIpc) is 3.34. The molecule has 2 amide bonds. The number of carbonyl (C=O) groups is 2. The zero-order chi connectivity index (χ0) is 23.8. The van der Waals surface area contributed by atoms with Crippen LogP contribution in [0, 0.1) is 6.92 Å². The third-order valence-corrected chi connectivity index (χ3v) is 5.71. The minimum atomic E-state index is -0.418. The molecule has 3 aromatic rings. The summed E-state index contributed by atoms with van der Waals surface area (Å²) in [7, 11) is 4.59. The Bertz CT molecular complexity index is 1130. The Kier molecular flexibility index (Phi) is 8.10. The number of aryl methyl sites for hydroxylation is 1. The number of hydrogen-bond acceptors (Lipinski definition) is 6. The standard InChI is InChI=1S/C25H26N2O5S/c1-16-8-5-6-10-19(16)24(28)27-20(14-18-9-7-11-33-18)25(29)26-15-17-12-21(30-2)23(32-4)22(13-17)31-3/h5-14H,15H2,1-4H3,(H,26,29)(H,27,28)/b20-14-. The van der Waals surface area contributed by atoms with Gasteiger partial charge in [0.1, 0.15) is 5.70 Å². The largest absolute Gasteiger partial charge is 0.493 e. The molecule has 7 nitrogen and oxygen atoms in total. The molecule has 0 aliphatic carbocycles. The monoisotopic (exact) mass is 466 g/mol. The molecule has 8 heteroatoms. The molecule has 1 heterocycles. The van der Waals surface area contributed by atoms with Crippen molar-refractivity contribution in [1.29, 1.82) is 0 Å². The van der Waals surface area contributed by atoms with Gasteiger partial charge in [-0.2, -0.15) is 0 Å². The lowest BCUT2D eigenvalue weighted by molar-refractivity contribution is -0.117. The number of nitrogens with one attached hydrogen (secondary N) is 2. The number of carbonyl (C=O) groups excluding carboxylic acids is 2. The Labute approximate surface area is 197 Å². The fraction of sp³-hybridized carbons (Fsp3) is 0.200. The van der Waals surface area contributed by atoms with Crippen molar-refractivity contribution in [3.05, 3.63) is 81.2 Å². The lowest BCUT2D eigenvalue weighted by atomic mass is 10.1. The van der Waals surface area contributed by atoms with E-state index in [1.54, 1.807) is 30.3 Å². The Hall–Kier alpha value is -3.78. The van der Waals surface area contributed by atoms with Gasteiger partial charge >= 0.3 is 0 Å². The van der Waals surface area contributed by atoms with Gasteiger partial charge in [-0.3, -0.25) is 9.59 Å². The van der Waals surface area contributed by atoms with Crippen LogP contribution >= 0.6 is 11.3 Å². The van der Waals surface area contributed by atoms with Gasteiger partial charge in [-0.05, 0) is 53.8 Å². The minimum Gasteiger partial charge on any atom is -0.493 e. The summed E-state index contributed by atoms with van der Waals surface area (Å²) in [4.78, 5) is 26.7. The minimum absolute atomic E-state index is 0.151. The van der Waals surface area contributed by atoms with Crippen molar-refractivity contribution in [2.24, 2.45) is 0 Å². The van der Waals surface area contributed by atoms with Crippen molar-refractivity contribution in [3.63, 3.8) is 0 Å². The average molecular weight is 467 g/mol. The van der Waals surface area contributed by atoms with Gasteiger partial charge in [0.05, 0.1) is 21.3 Å². The molecule has 0 atom stereocenters. The second-order valence-corrected chi connectivity index (χ2v) is 8.04. The molecule has 0 aliphatic heterocycles. The summed E-state index contributed by atoms with van der Waals surface area (Å²) < 4.78 is 16.1. The highest BCUT2D eigenvalue weighted by Gasteiger charge is 2.18. The molecule has 0 bridgehead atoms. The van der Waals surface area contributed by atoms with Crippen LogP contribution in [0.2, 0.25) is 0 Å². The maximum atomic E-state index is 13.0. The third kappa shape index (κ3) is 5.93. The molecule has 0 saturated carbocycles. The lowest BCUT2D eigenvalue weighted by Gasteiger charge is -2.15. The summed E-state index contributed by atoms with van der Waals surface area (Å²) >= 11 is 1.47. The number of methoxy groups -OCH3 is 3. The highest BCUT2D eigenvalue weighted by atomic mass is 32.1. The van der Waals surface area contributed by atoms with E-state index in [0.717, 1.165) is 16.0 Å². The van der Waals surface area contributed by atoms with Gasteiger partial charge in [0.25, 0.3) is 11.8 Å². The fourth-order valence-electron chi connectivity index (χ4n) is 3.21. The number of rotatable bonds is 9. The molecule has 33 heavy (non-hydrogen) atoms. The van der Waals surface area contributed by atoms with Crippen molar-refractivity contribution in [2.45, 2.75) is 13.5 Å². The molecule has 2 N–H and O–H groups in total. The summed E-state index contributed by atoms with van der Waals surface area (Å²) in [6.45, 7) is 2.04. The number of hydrogen-bond donors (Lipinski definition) is 2. The highest BCUT2D eigenvalue weighted by Crippen LogP contribution is 2.38. The molecule has 0 fully saturated rings. The van der Waals surface area contributed by atoms with Crippen LogP contribution in [-0.4, -0.2) is 33.1 Å². The van der Waals surface area contributed by atoms with E-state index in [4.69, 9.17) is 14.2 Å². The maximum Gasteiger partial charge on any atom is 0.268 e. The molecular formula is C25H26N2O5S. The Morgan fingerprint density at radius 3 is 2.24 bits per heavy atom. The quantitative estimate of drug-likeness (QED) is 0.463. The van der Waals surface area contributed by atoms with E-state index in [-0.39, 0.29) is 18.1 Å². The summed E-state index contributed by atoms with van der Waals surface area (Å²) in [5.41, 5.74) is 2.23. The number of amides is 2. The first-order valence-corrected chi connectivity index (χ1v) is 11.0. The van der Waals surface area contributed by atoms with Gasteiger partial charge in [-0.25, -0.2) is 0 Å². The van der Waals surface area contributed by atoms with Crippen LogP contribution in [0.3, 0.4) is 0 Å². The van der Waals surface area contributed by atoms with E-state index >= 15 is 0 Å². The van der Waals surface area contributed by atoms with Crippen LogP contribution in [0.4, 0.5) is 0 Å². The topological polar surface area (TPSA) is 85.9 Å². The van der Waals surface area contributed by atoms with Crippen molar-refractivity contribution in [1.82, 2.24) is 10.6 Å². The predicted octanol–water partition coefficient (Wildman–Crippen LogP) is 4.17. The molecule has 172 valence electrons. The molecule has 0 spiro atoms. The van der Waals surface area contributed by atoms with Crippen molar-refractivity contribution in [2.75, 3.05) is 21.3 Å². The van der Waals surface area contributed by atoms with E-state index in [9.17, 15) is 9.59 Å². The number of ether oxygens (including phenoxy) is 3. The normalized spacial score (nSPS) is 11.0. The molecule has 2 aromatic carbocycles. The van der Waals surface area contributed by atoms with Crippen molar-refractivity contribution >= 4 is 29.2 Å². The van der Waals surface area contributed by atoms with Gasteiger partial charge in [0, 0.05) is 17.0 Å². The van der Waals surface area contributed by atoms with Gasteiger partial charge in [0.2, 0.25) is 5.75 Å². The summed E-state index contributed by atoms with van der Waals surface area (Å²) in [5, 5.41) is 7.52. The first-order valence-electron chi connectivity index (χ1n) is 10.2. The first-order chi connectivity index (χ1) is 16.0. The molecular weight excluding hydrogens is 440 g/mol. The Morgan fingerprint density at radius 1 is 0.970 bits per heavy atom. The van der Waals surface area contributed by atoms with Crippen LogP contribution in [0.5, 0.6) is 17.2 Å². The zero-order valence-corrected chi connectivity index (χ0v) is 19.7. The predicted molar refractivity (Wildman–Crippen MR) is 129 cm³/mol.